The first-order valence-electron chi connectivity index (χ1n) is 7.62. The Hall–Kier alpha value is -2.55. The number of hydrogen-bond donors (Lipinski definition) is 2. The van der Waals surface area contributed by atoms with Gasteiger partial charge in [-0.2, -0.15) is 13.2 Å². The molecule has 0 saturated heterocycles. The minimum absolute atomic E-state index is 0.231. The van der Waals surface area contributed by atoms with E-state index in [1.54, 1.807) is 20.3 Å². The van der Waals surface area contributed by atoms with Crippen LogP contribution in [0.15, 0.2) is 36.5 Å². The first kappa shape index (κ1) is 19.8. The third-order valence-electron chi connectivity index (χ3n) is 3.50. The summed E-state index contributed by atoms with van der Waals surface area (Å²) in [6.45, 7) is 0.496. The van der Waals surface area contributed by atoms with Gasteiger partial charge in [0.2, 0.25) is 0 Å². The quantitative estimate of drug-likeness (QED) is 0.741. The minimum Gasteiger partial charge on any atom is -0.497 e. The van der Waals surface area contributed by atoms with Gasteiger partial charge in [-0.25, -0.2) is 4.98 Å². The van der Waals surface area contributed by atoms with E-state index >= 15 is 0 Å². The Morgan fingerprint density at radius 2 is 1.92 bits per heavy atom. The van der Waals surface area contributed by atoms with Gasteiger partial charge in [0.15, 0.2) is 5.11 Å². The number of anilines is 1. The molecule has 26 heavy (non-hydrogen) atoms. The molecule has 2 rings (SSSR count). The van der Waals surface area contributed by atoms with Gasteiger partial charge in [0, 0.05) is 12.7 Å². The monoisotopic (exact) mass is 385 g/mol. The summed E-state index contributed by atoms with van der Waals surface area (Å²) in [5.41, 5.74) is 0.127. The number of hydrogen-bond acceptors (Lipinski definition) is 4. The Morgan fingerprint density at radius 3 is 2.50 bits per heavy atom. The van der Waals surface area contributed by atoms with Crippen LogP contribution in [0.1, 0.15) is 11.1 Å². The maximum atomic E-state index is 12.5. The first-order chi connectivity index (χ1) is 12.3. The van der Waals surface area contributed by atoms with E-state index in [-0.39, 0.29) is 10.9 Å². The molecule has 0 spiro atoms. The van der Waals surface area contributed by atoms with Crippen LogP contribution in [0.4, 0.5) is 19.0 Å². The van der Waals surface area contributed by atoms with E-state index in [1.807, 2.05) is 12.1 Å². The third-order valence-corrected chi connectivity index (χ3v) is 3.75. The zero-order valence-corrected chi connectivity index (χ0v) is 15.0. The van der Waals surface area contributed by atoms with E-state index in [9.17, 15) is 13.2 Å². The highest BCUT2D eigenvalue weighted by molar-refractivity contribution is 7.80. The maximum Gasteiger partial charge on any atom is 0.417 e. The SMILES string of the molecule is COc1ccc(OC)c(CCNC(=S)Nc2ccc(C(F)(F)F)cn2)c1. The Morgan fingerprint density at radius 1 is 1.15 bits per heavy atom. The number of ether oxygens (including phenoxy) is 2. The van der Waals surface area contributed by atoms with Crippen LogP contribution in [0.5, 0.6) is 11.5 Å². The largest absolute Gasteiger partial charge is 0.497 e. The molecule has 0 aliphatic rings. The summed E-state index contributed by atoms with van der Waals surface area (Å²) >= 11 is 5.13. The smallest absolute Gasteiger partial charge is 0.417 e. The normalized spacial score (nSPS) is 11.0. The Bertz CT molecular complexity index is 752. The van der Waals surface area contributed by atoms with Gasteiger partial charge >= 0.3 is 6.18 Å². The molecule has 0 saturated carbocycles. The fourth-order valence-corrected chi connectivity index (χ4v) is 2.39. The molecular formula is C17H18F3N3O2S. The lowest BCUT2D eigenvalue weighted by molar-refractivity contribution is -0.137. The highest BCUT2D eigenvalue weighted by Crippen LogP contribution is 2.28. The number of methoxy groups -OCH3 is 2. The molecule has 0 aliphatic heterocycles. The predicted octanol–water partition coefficient (Wildman–Crippen LogP) is 3.65. The molecule has 0 bridgehead atoms. The second-order valence-corrected chi connectivity index (χ2v) is 5.65. The standard InChI is InChI=1S/C17H18F3N3O2S/c1-24-13-4-5-14(25-2)11(9-13)7-8-21-16(26)23-15-6-3-12(10-22-15)17(18,19)20/h3-6,9-10H,7-8H2,1-2H3,(H2,21,22,23,26). The molecule has 0 atom stereocenters. The molecule has 0 aliphatic carbocycles. The number of nitrogens with one attached hydrogen (secondary N) is 2. The summed E-state index contributed by atoms with van der Waals surface area (Å²) in [6.07, 6.45) is -3.05. The van der Waals surface area contributed by atoms with E-state index in [1.165, 1.54) is 6.07 Å². The predicted molar refractivity (Wildman–Crippen MR) is 96.7 cm³/mol. The van der Waals surface area contributed by atoms with Gasteiger partial charge in [0.1, 0.15) is 17.3 Å². The number of alkyl halides is 3. The average molecular weight is 385 g/mol. The van der Waals surface area contributed by atoms with Crippen LogP contribution in [0.3, 0.4) is 0 Å². The Labute approximate surface area is 154 Å². The van der Waals surface area contributed by atoms with Gasteiger partial charge in [-0.1, -0.05) is 0 Å². The lowest BCUT2D eigenvalue weighted by atomic mass is 10.1. The number of pyridine rings is 1. The molecule has 2 N–H and O–H groups in total. The molecule has 2 aromatic rings. The first-order valence-corrected chi connectivity index (χ1v) is 8.03. The molecule has 9 heteroatoms. The van der Waals surface area contributed by atoms with Crippen LogP contribution in [-0.2, 0) is 12.6 Å². The number of benzene rings is 1. The van der Waals surface area contributed by atoms with Crippen LogP contribution in [-0.4, -0.2) is 30.9 Å². The van der Waals surface area contributed by atoms with E-state index in [0.717, 1.165) is 29.3 Å². The van der Waals surface area contributed by atoms with Gasteiger partial charge in [0.05, 0.1) is 19.8 Å². The van der Waals surface area contributed by atoms with Gasteiger partial charge in [-0.3, -0.25) is 0 Å². The molecule has 1 heterocycles. The molecular weight excluding hydrogens is 367 g/mol. The number of rotatable bonds is 6. The highest BCUT2D eigenvalue weighted by Gasteiger charge is 2.30. The Balaban J connectivity index is 1.87. The number of thiocarbonyl (C=S) groups is 1. The summed E-state index contributed by atoms with van der Waals surface area (Å²) in [7, 11) is 3.17. The van der Waals surface area contributed by atoms with E-state index in [4.69, 9.17) is 21.7 Å². The van der Waals surface area contributed by atoms with Gasteiger partial charge in [-0.15, -0.1) is 0 Å². The van der Waals surface area contributed by atoms with Crippen molar-refractivity contribution in [3.05, 3.63) is 47.7 Å². The molecule has 5 nitrogen and oxygen atoms in total. The van der Waals surface area contributed by atoms with E-state index in [0.29, 0.717) is 13.0 Å². The molecule has 0 radical (unpaired) electrons. The highest BCUT2D eigenvalue weighted by atomic mass is 32.1. The van der Waals surface area contributed by atoms with Gasteiger partial charge in [-0.05, 0) is 54.5 Å². The summed E-state index contributed by atoms with van der Waals surface area (Å²) in [5.74, 6) is 1.68. The molecule has 0 amide bonds. The van der Waals surface area contributed by atoms with Crippen LogP contribution >= 0.6 is 12.2 Å². The van der Waals surface area contributed by atoms with Crippen molar-refractivity contribution in [1.29, 1.82) is 0 Å². The molecule has 1 aromatic carbocycles. The fourth-order valence-electron chi connectivity index (χ4n) is 2.18. The second-order valence-electron chi connectivity index (χ2n) is 5.24. The lowest BCUT2D eigenvalue weighted by Gasteiger charge is -2.13. The second kappa shape index (κ2) is 8.70. The van der Waals surface area contributed by atoms with E-state index < -0.39 is 11.7 Å². The summed E-state index contributed by atoms with van der Waals surface area (Å²) in [6, 6.07) is 7.66. The number of halogens is 3. The van der Waals surface area contributed by atoms with E-state index in [2.05, 4.69) is 15.6 Å². The topological polar surface area (TPSA) is 55.4 Å². The average Bonchev–Trinajstić information content (AvgIpc) is 2.61. The van der Waals surface area contributed by atoms with Crippen molar-refractivity contribution < 1.29 is 22.6 Å². The molecule has 140 valence electrons. The molecule has 0 fully saturated rings. The zero-order valence-electron chi connectivity index (χ0n) is 14.2. The maximum absolute atomic E-state index is 12.5. The van der Waals surface area contributed by atoms with Crippen LogP contribution < -0.4 is 20.1 Å². The zero-order chi connectivity index (χ0) is 19.2. The Kier molecular flexibility index (Phi) is 6.62. The summed E-state index contributed by atoms with van der Waals surface area (Å²) in [4.78, 5) is 3.71. The van der Waals surface area contributed by atoms with Gasteiger partial charge < -0.3 is 20.1 Å². The summed E-state index contributed by atoms with van der Waals surface area (Å²) < 4.78 is 48.0. The molecule has 0 unspecified atom stereocenters. The van der Waals surface area contributed by atoms with Crippen molar-refractivity contribution in [3.8, 4) is 11.5 Å². The fraction of sp³-hybridized carbons (Fsp3) is 0.294. The van der Waals surface area contributed by atoms with Crippen LogP contribution in [0.25, 0.3) is 0 Å². The third kappa shape index (κ3) is 5.48. The number of aromatic nitrogens is 1. The van der Waals surface area contributed by atoms with Crippen LogP contribution in [0, 0.1) is 0 Å². The van der Waals surface area contributed by atoms with Crippen molar-refractivity contribution in [2.24, 2.45) is 0 Å². The number of nitrogens with zero attached hydrogens (tertiary/aromatic N) is 1. The van der Waals surface area contributed by atoms with Gasteiger partial charge in [0.25, 0.3) is 0 Å². The van der Waals surface area contributed by atoms with Crippen molar-refractivity contribution in [1.82, 2.24) is 10.3 Å². The summed E-state index contributed by atoms with van der Waals surface area (Å²) in [5, 5.41) is 5.98. The van der Waals surface area contributed by atoms with Crippen molar-refractivity contribution in [2.75, 3.05) is 26.1 Å². The van der Waals surface area contributed by atoms with Crippen molar-refractivity contribution in [2.45, 2.75) is 12.6 Å². The molecule has 1 aromatic heterocycles. The van der Waals surface area contributed by atoms with Crippen LogP contribution in [0.2, 0.25) is 0 Å². The minimum atomic E-state index is -4.42. The van der Waals surface area contributed by atoms with Crippen molar-refractivity contribution >= 4 is 23.1 Å². The van der Waals surface area contributed by atoms with Crippen molar-refractivity contribution in [3.63, 3.8) is 0 Å². The lowest BCUT2D eigenvalue weighted by Crippen LogP contribution is -2.30.